The quantitative estimate of drug-likeness (QED) is 0.162. The van der Waals surface area contributed by atoms with Gasteiger partial charge in [0.05, 0.1) is 0 Å². The zero-order chi connectivity index (χ0) is 23.4. The summed E-state index contributed by atoms with van der Waals surface area (Å²) in [7, 11) is 0. The molecule has 0 amide bonds. The van der Waals surface area contributed by atoms with Gasteiger partial charge < -0.3 is 0 Å². The van der Waals surface area contributed by atoms with Crippen molar-refractivity contribution in [1.29, 1.82) is 0 Å². The van der Waals surface area contributed by atoms with E-state index in [4.69, 9.17) is 0 Å². The Hall–Kier alpha value is -1.67. The summed E-state index contributed by atoms with van der Waals surface area (Å²) in [4.78, 5) is 5.18. The summed E-state index contributed by atoms with van der Waals surface area (Å²) in [6.07, 6.45) is 0. The van der Waals surface area contributed by atoms with Crippen molar-refractivity contribution in [2.75, 3.05) is 0 Å². The van der Waals surface area contributed by atoms with Crippen molar-refractivity contribution in [3.8, 4) is 18.6 Å². The van der Waals surface area contributed by atoms with Crippen LogP contribution in [0, 0.1) is 17.5 Å². The Morgan fingerprint density at radius 3 is 1.86 bits per heavy atom. The van der Waals surface area contributed by atoms with Crippen LogP contribution in [0.15, 0.2) is 52.3 Å². The minimum atomic E-state index is -0.309. The Morgan fingerprint density at radius 2 is 1.17 bits per heavy atom. The van der Waals surface area contributed by atoms with Gasteiger partial charge >= 0.3 is 226 Å². The summed E-state index contributed by atoms with van der Waals surface area (Å²) in [6.45, 7) is 0. The fraction of sp³-hybridized carbons (Fsp3) is 0. The summed E-state index contributed by atoms with van der Waals surface area (Å²) in [6, 6.07) is 13.6. The van der Waals surface area contributed by atoms with Crippen LogP contribution in [-0.4, -0.2) is 29.0 Å². The third-order valence-electron chi connectivity index (χ3n) is 6.13. The molecule has 0 atom stereocenters. The zero-order valence-corrected chi connectivity index (χ0v) is 24.0. The predicted molar refractivity (Wildman–Crippen MR) is 150 cm³/mol. The van der Waals surface area contributed by atoms with Crippen molar-refractivity contribution in [1.82, 2.24) is 0 Å². The van der Waals surface area contributed by atoms with Crippen LogP contribution in [0.3, 0.4) is 0 Å². The zero-order valence-electron chi connectivity index (χ0n) is 17.3. The molecule has 0 unspecified atom stereocenters. The number of fused-ring (bicyclic) bond motifs is 7. The number of halogens is 3. The van der Waals surface area contributed by atoms with E-state index in [-0.39, 0.29) is 46.5 Å². The summed E-state index contributed by atoms with van der Waals surface area (Å²) >= 11 is 6.34. The molecule has 2 aromatic carbocycles. The monoisotopic (exact) mass is 666 g/mol. The SMILES string of the molecule is Fc1cc[se]c1-c1cc2cc3sc4c5cc6sc(-c7[se]ccc7F)c(F)c6cc5sc4c3cc2s1. The first-order valence-electron chi connectivity index (χ1n) is 10.5. The standard InChI is InChI=1S/C26H9F3S4Se2/c27-14-1-3-34-25(14)20-6-10-5-17-12(8-16(10)30-20)22-23(31-17)13-9-18-11(7-19(13)32-22)21(29)24(33-18)26-15(28)2-4-35-26/h1-9H. The fourth-order valence-electron chi connectivity index (χ4n) is 4.53. The minimum absolute atomic E-state index is 0.0562. The molecule has 0 radical (unpaired) electrons. The predicted octanol–water partition coefficient (Wildman–Crippen LogP) is 9.56. The van der Waals surface area contributed by atoms with Gasteiger partial charge in [0.2, 0.25) is 0 Å². The molecule has 6 heterocycles. The second kappa shape index (κ2) is 7.67. The third-order valence-corrected chi connectivity index (χ3v) is 15.3. The van der Waals surface area contributed by atoms with Crippen molar-refractivity contribution in [3.63, 3.8) is 0 Å². The fourth-order valence-corrected chi connectivity index (χ4v) is 13.2. The Kier molecular flexibility index (Phi) is 4.69. The average molecular weight is 665 g/mol. The molecule has 0 N–H and O–H groups in total. The molecular formula is C26H9F3S4Se2. The Morgan fingerprint density at radius 1 is 0.571 bits per heavy atom. The number of benzene rings is 2. The Labute approximate surface area is 224 Å². The number of hydrogen-bond acceptors (Lipinski definition) is 4. The molecule has 0 fully saturated rings. The van der Waals surface area contributed by atoms with Crippen LogP contribution >= 0.6 is 45.3 Å². The first-order valence-corrected chi connectivity index (χ1v) is 17.4. The van der Waals surface area contributed by atoms with Crippen LogP contribution in [0.5, 0.6) is 0 Å². The first kappa shape index (κ1) is 21.4. The number of hydrogen-bond donors (Lipinski definition) is 0. The van der Waals surface area contributed by atoms with Gasteiger partial charge in [-0.15, -0.1) is 0 Å². The van der Waals surface area contributed by atoms with Gasteiger partial charge in [0.1, 0.15) is 0 Å². The van der Waals surface area contributed by atoms with Gasteiger partial charge in [-0.05, 0) is 0 Å². The van der Waals surface area contributed by atoms with Gasteiger partial charge in [-0.3, -0.25) is 0 Å². The summed E-state index contributed by atoms with van der Waals surface area (Å²) in [5.41, 5.74) is 0. The molecule has 0 aliphatic carbocycles. The van der Waals surface area contributed by atoms with E-state index in [1.54, 1.807) is 45.0 Å². The van der Waals surface area contributed by atoms with Crippen molar-refractivity contribution < 1.29 is 13.2 Å². The van der Waals surface area contributed by atoms with Gasteiger partial charge in [0.25, 0.3) is 0 Å². The summed E-state index contributed by atoms with van der Waals surface area (Å²) < 4.78 is 51.7. The van der Waals surface area contributed by atoms with Crippen molar-refractivity contribution >= 4 is 124 Å². The van der Waals surface area contributed by atoms with Gasteiger partial charge in [-0.1, -0.05) is 0 Å². The normalized spacial score (nSPS) is 12.4. The molecule has 0 nitrogen and oxygen atoms in total. The average Bonchev–Trinajstić information content (AvgIpc) is 3.66. The second-order valence-corrected chi connectivity index (χ2v) is 16.2. The van der Waals surface area contributed by atoms with E-state index in [0.29, 0.717) is 14.7 Å². The molecule has 8 rings (SSSR count). The molecule has 9 heteroatoms. The van der Waals surface area contributed by atoms with Gasteiger partial charge in [0, 0.05) is 0 Å². The molecule has 0 aliphatic rings. The number of thiophene rings is 4. The molecular weight excluding hydrogens is 655 g/mol. The molecule has 0 bridgehead atoms. The van der Waals surface area contributed by atoms with Gasteiger partial charge in [-0.25, -0.2) is 0 Å². The Bertz CT molecular complexity index is 2110. The van der Waals surface area contributed by atoms with Crippen LogP contribution in [0.2, 0.25) is 0 Å². The van der Waals surface area contributed by atoms with E-state index in [1.807, 2.05) is 11.0 Å². The third kappa shape index (κ3) is 3.08. The molecule has 8 aromatic rings. The first-order chi connectivity index (χ1) is 17.0. The van der Waals surface area contributed by atoms with E-state index in [1.165, 1.54) is 36.9 Å². The van der Waals surface area contributed by atoms with Crippen LogP contribution < -0.4 is 0 Å². The Balaban J connectivity index is 1.35. The van der Waals surface area contributed by atoms with E-state index in [9.17, 15) is 8.78 Å². The van der Waals surface area contributed by atoms with E-state index in [2.05, 4.69) is 24.3 Å². The van der Waals surface area contributed by atoms with Crippen LogP contribution in [0.1, 0.15) is 0 Å². The molecule has 170 valence electrons. The molecule has 0 spiro atoms. The second-order valence-electron chi connectivity index (χ2n) is 8.14. The summed E-state index contributed by atoms with van der Waals surface area (Å²) in [5, 5.41) is 4.06. The molecule has 35 heavy (non-hydrogen) atoms. The van der Waals surface area contributed by atoms with Gasteiger partial charge in [-0.2, -0.15) is 0 Å². The molecule has 6 aromatic heterocycles. The molecule has 0 saturated carbocycles. The van der Waals surface area contributed by atoms with Crippen LogP contribution in [0.25, 0.3) is 68.4 Å². The maximum atomic E-state index is 15.3. The van der Waals surface area contributed by atoms with Crippen LogP contribution in [0.4, 0.5) is 13.2 Å². The maximum absolute atomic E-state index is 15.3. The van der Waals surface area contributed by atoms with Crippen molar-refractivity contribution in [2.24, 2.45) is 0 Å². The molecule has 0 aliphatic heterocycles. The van der Waals surface area contributed by atoms with Crippen LogP contribution in [-0.2, 0) is 0 Å². The number of rotatable bonds is 2. The van der Waals surface area contributed by atoms with Crippen molar-refractivity contribution in [3.05, 3.63) is 69.8 Å². The molecule has 0 saturated heterocycles. The van der Waals surface area contributed by atoms with E-state index in [0.717, 1.165) is 34.2 Å². The summed E-state index contributed by atoms with van der Waals surface area (Å²) in [5.74, 6) is -0.719. The van der Waals surface area contributed by atoms with E-state index < -0.39 is 0 Å². The van der Waals surface area contributed by atoms with Gasteiger partial charge in [0.15, 0.2) is 0 Å². The van der Waals surface area contributed by atoms with E-state index >= 15 is 4.39 Å². The van der Waals surface area contributed by atoms with Crippen molar-refractivity contribution in [2.45, 2.75) is 0 Å². The topological polar surface area (TPSA) is 0 Å².